The van der Waals surface area contributed by atoms with E-state index in [0.29, 0.717) is 31.5 Å². The molecule has 2 aromatic rings. The average molecular weight is 630 g/mol. The number of hydrogen-bond donors (Lipinski definition) is 1. The highest BCUT2D eigenvalue weighted by Gasteiger charge is 2.55. The Labute approximate surface area is 275 Å². The number of hydrogen-bond acceptors (Lipinski definition) is 9. The molecule has 1 amide bonds. The van der Waals surface area contributed by atoms with Gasteiger partial charge >= 0.3 is 6.09 Å². The van der Waals surface area contributed by atoms with E-state index < -0.39 is 0 Å². The van der Waals surface area contributed by atoms with Crippen LogP contribution in [0.2, 0.25) is 0 Å². The highest BCUT2D eigenvalue weighted by Crippen LogP contribution is 2.53. The molecule has 248 valence electrons. The van der Waals surface area contributed by atoms with Crippen molar-refractivity contribution in [1.29, 1.82) is 0 Å². The fraction of sp³-hybridized carbons (Fsp3) is 0.556. The second-order valence-electron chi connectivity index (χ2n) is 14.0. The van der Waals surface area contributed by atoms with Gasteiger partial charge in [0.15, 0.2) is 0 Å². The standard InChI is InChI=1S/C21H26N6O3.C15H23N.H2/c1-20(2)10-14-21(3,12-30-20)13-11-23-18(22-4)25-17(13)27(14)16-7-5-6-15(24-16)26-8-9-29-19(26)28;1-13-7-4-3-5-9-15(13)14-8-6-11-16(2)12-10-14;/h5-7,11,14H,8-10,12H2,1-4H3,(H,22,23,25);4-5,7,9,14H,3,6,8,10-12H2,1-2H3;1H/t14-,21-;;/m1../s1. The summed E-state index contributed by atoms with van der Waals surface area (Å²) >= 11 is 0. The van der Waals surface area contributed by atoms with Gasteiger partial charge in [-0.3, -0.25) is 4.90 Å². The molecular formula is C36H51N7O3. The Morgan fingerprint density at radius 3 is 2.63 bits per heavy atom. The summed E-state index contributed by atoms with van der Waals surface area (Å²) in [6, 6.07) is 5.82. The van der Waals surface area contributed by atoms with Gasteiger partial charge in [-0.25, -0.2) is 14.8 Å². The van der Waals surface area contributed by atoms with Crippen LogP contribution in [0.4, 0.5) is 28.2 Å². The van der Waals surface area contributed by atoms with E-state index in [1.807, 2.05) is 24.4 Å². The first kappa shape index (κ1) is 32.2. The largest absolute Gasteiger partial charge is 0.447 e. The van der Waals surface area contributed by atoms with Gasteiger partial charge in [0.25, 0.3) is 0 Å². The van der Waals surface area contributed by atoms with Crippen molar-refractivity contribution in [3.8, 4) is 0 Å². The Balaban J connectivity index is 0.000000217. The fourth-order valence-electron chi connectivity index (χ4n) is 7.37. The van der Waals surface area contributed by atoms with Crippen LogP contribution < -0.4 is 15.1 Å². The molecule has 3 fully saturated rings. The normalized spacial score (nSPS) is 27.3. The third kappa shape index (κ3) is 6.42. The minimum Gasteiger partial charge on any atom is -0.447 e. The molecule has 0 bridgehead atoms. The summed E-state index contributed by atoms with van der Waals surface area (Å²) < 4.78 is 11.3. The molecule has 1 unspecified atom stereocenters. The van der Waals surface area contributed by atoms with Gasteiger partial charge in [0, 0.05) is 25.6 Å². The molecule has 0 radical (unpaired) electrons. The molecule has 3 atom stereocenters. The third-order valence-electron chi connectivity index (χ3n) is 10.1. The van der Waals surface area contributed by atoms with Crippen molar-refractivity contribution >= 4 is 29.5 Å². The minimum absolute atomic E-state index is 0. The predicted molar refractivity (Wildman–Crippen MR) is 185 cm³/mol. The van der Waals surface area contributed by atoms with Crippen LogP contribution >= 0.6 is 0 Å². The summed E-state index contributed by atoms with van der Waals surface area (Å²) in [7, 11) is 4.05. The first-order valence-electron chi connectivity index (χ1n) is 16.7. The summed E-state index contributed by atoms with van der Waals surface area (Å²) in [5, 5.41) is 3.03. The van der Waals surface area contributed by atoms with E-state index in [1.165, 1.54) is 37.9 Å². The third-order valence-corrected chi connectivity index (χ3v) is 10.1. The van der Waals surface area contributed by atoms with Gasteiger partial charge in [-0.1, -0.05) is 37.3 Å². The van der Waals surface area contributed by atoms with Gasteiger partial charge < -0.3 is 24.6 Å². The Kier molecular flexibility index (Phi) is 9.21. The zero-order chi connectivity index (χ0) is 32.5. The number of cyclic esters (lactones) is 1. The molecule has 7 rings (SSSR count). The summed E-state index contributed by atoms with van der Waals surface area (Å²) in [6.45, 7) is 12.7. The molecule has 1 N–H and O–H groups in total. The molecule has 0 saturated carbocycles. The van der Waals surface area contributed by atoms with Crippen LogP contribution in [0.1, 0.15) is 66.8 Å². The Bertz CT molecular complexity index is 1540. The maximum absolute atomic E-state index is 12.1. The summed E-state index contributed by atoms with van der Waals surface area (Å²) in [5.74, 6) is 3.50. The molecule has 46 heavy (non-hydrogen) atoms. The molecule has 1 aliphatic carbocycles. The number of nitrogens with one attached hydrogen (secondary N) is 1. The fourth-order valence-corrected chi connectivity index (χ4v) is 7.37. The molecular weight excluding hydrogens is 578 g/mol. The quantitative estimate of drug-likeness (QED) is 0.399. The van der Waals surface area contributed by atoms with Crippen LogP contribution in [0.25, 0.3) is 0 Å². The number of nitrogens with zero attached hydrogens (tertiary/aromatic N) is 6. The second kappa shape index (κ2) is 13.2. The van der Waals surface area contributed by atoms with E-state index in [-0.39, 0.29) is 24.6 Å². The zero-order valence-corrected chi connectivity index (χ0v) is 28.3. The lowest BCUT2D eigenvalue weighted by molar-refractivity contribution is -0.0893. The SMILES string of the molecule is CC1=C(C2CCCN(C)CC2)C=CCC=C1.CNc1ncc2c(n1)N(c1cccc(N3CCOC3=O)n1)[C@@H]1CC(C)(C)OC[C@]21C.[HH]. The molecule has 10 nitrogen and oxygen atoms in total. The maximum Gasteiger partial charge on any atom is 0.415 e. The maximum atomic E-state index is 12.1. The summed E-state index contributed by atoms with van der Waals surface area (Å²) in [4.78, 5) is 32.4. The number of carbonyl (C=O) groups is 1. The predicted octanol–water partition coefficient (Wildman–Crippen LogP) is 6.64. The highest BCUT2D eigenvalue weighted by molar-refractivity contribution is 5.88. The first-order valence-corrected chi connectivity index (χ1v) is 16.7. The lowest BCUT2D eigenvalue weighted by Gasteiger charge is -2.46. The molecule has 3 saturated heterocycles. The van der Waals surface area contributed by atoms with Crippen molar-refractivity contribution in [2.24, 2.45) is 5.92 Å². The number of carbonyl (C=O) groups excluding carboxylic acids is 1. The van der Waals surface area contributed by atoms with Crippen molar-refractivity contribution in [3.05, 3.63) is 65.4 Å². The number of ether oxygens (including phenoxy) is 2. The minimum atomic E-state index is -0.363. The Morgan fingerprint density at radius 2 is 1.85 bits per heavy atom. The molecule has 0 spiro atoms. The number of anilines is 4. The van der Waals surface area contributed by atoms with Gasteiger partial charge in [-0.2, -0.15) is 4.98 Å². The van der Waals surface area contributed by atoms with E-state index >= 15 is 0 Å². The summed E-state index contributed by atoms with van der Waals surface area (Å²) in [6.07, 6.45) is 16.7. The van der Waals surface area contributed by atoms with Crippen molar-refractivity contribution in [2.75, 3.05) is 62.1 Å². The van der Waals surface area contributed by atoms with Gasteiger partial charge in [0.2, 0.25) is 5.95 Å². The number of allylic oxidation sites excluding steroid dienone is 6. The van der Waals surface area contributed by atoms with Crippen molar-refractivity contribution in [2.45, 2.75) is 76.9 Å². The zero-order valence-electron chi connectivity index (χ0n) is 28.3. The molecule has 0 aromatic carbocycles. The monoisotopic (exact) mass is 629 g/mol. The number of pyridine rings is 1. The number of aromatic nitrogens is 3. The van der Waals surface area contributed by atoms with Gasteiger partial charge in [0.1, 0.15) is 24.1 Å². The van der Waals surface area contributed by atoms with Gasteiger partial charge in [-0.15, -0.1) is 0 Å². The van der Waals surface area contributed by atoms with Crippen molar-refractivity contribution in [1.82, 2.24) is 19.9 Å². The molecule has 4 aliphatic heterocycles. The number of amides is 1. The smallest absolute Gasteiger partial charge is 0.415 e. The second-order valence-corrected chi connectivity index (χ2v) is 14.0. The van der Waals surface area contributed by atoms with E-state index in [1.54, 1.807) is 17.5 Å². The Hall–Kier alpha value is -3.76. The van der Waals surface area contributed by atoms with Crippen molar-refractivity contribution < 1.29 is 15.7 Å². The molecule has 2 aromatic heterocycles. The van der Waals surface area contributed by atoms with Crippen LogP contribution in [0.3, 0.4) is 0 Å². The van der Waals surface area contributed by atoms with Gasteiger partial charge in [0.05, 0.1) is 24.8 Å². The van der Waals surface area contributed by atoms with Crippen molar-refractivity contribution in [3.63, 3.8) is 0 Å². The van der Waals surface area contributed by atoms with E-state index in [2.05, 4.69) is 79.1 Å². The number of fused-ring (bicyclic) bond motifs is 3. The van der Waals surface area contributed by atoms with Crippen LogP contribution in [0.15, 0.2) is 59.8 Å². The topological polar surface area (TPSA) is 96.0 Å². The first-order chi connectivity index (χ1) is 22.1. The lowest BCUT2D eigenvalue weighted by atomic mass is 9.73. The van der Waals surface area contributed by atoms with Crippen LogP contribution in [0, 0.1) is 5.92 Å². The highest BCUT2D eigenvalue weighted by atomic mass is 16.6. The average Bonchev–Trinajstić information content (AvgIpc) is 3.37. The van der Waals surface area contributed by atoms with Crippen LogP contribution in [-0.2, 0) is 14.9 Å². The lowest BCUT2D eigenvalue weighted by Crippen LogP contribution is -2.54. The van der Waals surface area contributed by atoms with Crippen LogP contribution in [0.5, 0.6) is 0 Å². The summed E-state index contributed by atoms with van der Waals surface area (Å²) in [5.41, 5.74) is 3.59. The molecule has 5 aliphatic rings. The van der Waals surface area contributed by atoms with E-state index in [0.717, 1.165) is 36.0 Å². The van der Waals surface area contributed by atoms with E-state index in [9.17, 15) is 4.79 Å². The van der Waals surface area contributed by atoms with Crippen LogP contribution in [-0.4, -0.2) is 84.5 Å². The van der Waals surface area contributed by atoms with E-state index in [4.69, 9.17) is 19.4 Å². The Morgan fingerprint density at radius 1 is 1.04 bits per heavy atom. The molecule has 6 heterocycles. The van der Waals surface area contributed by atoms with Gasteiger partial charge in [-0.05, 0) is 102 Å². The number of rotatable bonds is 4. The molecule has 10 heteroatoms. The number of likely N-dealkylation sites (tertiary alicyclic amines) is 1.